The molecular weight excluding hydrogens is 332 g/mol. The van der Waals surface area contributed by atoms with Gasteiger partial charge >= 0.3 is 0 Å². The molecule has 0 unspecified atom stereocenters. The van der Waals surface area contributed by atoms with Crippen LogP contribution in [0, 0.1) is 0 Å². The van der Waals surface area contributed by atoms with Crippen molar-refractivity contribution >= 4 is 0 Å². The number of benzene rings is 1. The summed E-state index contributed by atoms with van der Waals surface area (Å²) in [6.07, 6.45) is 0. The van der Waals surface area contributed by atoms with Crippen molar-refractivity contribution in [2.24, 2.45) is 0 Å². The van der Waals surface area contributed by atoms with Gasteiger partial charge in [-0.3, -0.25) is 9.80 Å². The van der Waals surface area contributed by atoms with Crippen LogP contribution in [0.15, 0.2) is 18.2 Å². The number of fused-ring (bicyclic) bond motifs is 1. The Balaban J connectivity index is 1.31. The lowest BCUT2D eigenvalue weighted by Crippen LogP contribution is -2.46. The van der Waals surface area contributed by atoms with E-state index in [1.807, 2.05) is 10.7 Å². The number of hydrogen-bond donors (Lipinski definition) is 0. The van der Waals surface area contributed by atoms with Gasteiger partial charge in [-0.2, -0.15) is 0 Å². The number of hydrogen-bond acceptors (Lipinski definition) is 7. The first-order valence-corrected chi connectivity index (χ1v) is 9.10. The average molecular weight is 358 g/mol. The summed E-state index contributed by atoms with van der Waals surface area (Å²) in [6.45, 7) is 12.5. The van der Waals surface area contributed by atoms with Gasteiger partial charge in [-0.05, 0) is 48.9 Å². The highest BCUT2D eigenvalue weighted by atomic mass is 16.7. The molecule has 1 fully saturated rings. The van der Waals surface area contributed by atoms with Gasteiger partial charge in [0.1, 0.15) is 0 Å². The van der Waals surface area contributed by atoms with Crippen molar-refractivity contribution in [2.75, 3.05) is 33.0 Å². The van der Waals surface area contributed by atoms with Crippen molar-refractivity contribution in [2.45, 2.75) is 39.4 Å². The van der Waals surface area contributed by atoms with E-state index in [9.17, 15) is 0 Å². The number of nitrogens with zero attached hydrogens (tertiary/aromatic N) is 6. The molecule has 0 N–H and O–H groups in total. The summed E-state index contributed by atoms with van der Waals surface area (Å²) in [7, 11) is 0. The maximum absolute atomic E-state index is 5.47. The molecular formula is C18H26N6O2. The van der Waals surface area contributed by atoms with Gasteiger partial charge in [-0.25, -0.2) is 4.68 Å². The van der Waals surface area contributed by atoms with E-state index < -0.39 is 0 Å². The first kappa shape index (κ1) is 17.2. The van der Waals surface area contributed by atoms with Gasteiger partial charge in [-0.15, -0.1) is 5.10 Å². The fourth-order valence-corrected chi connectivity index (χ4v) is 3.43. The zero-order valence-corrected chi connectivity index (χ0v) is 15.7. The van der Waals surface area contributed by atoms with E-state index in [1.165, 1.54) is 5.56 Å². The number of tetrazole rings is 1. The zero-order chi connectivity index (χ0) is 18.1. The van der Waals surface area contributed by atoms with E-state index >= 15 is 0 Å². The summed E-state index contributed by atoms with van der Waals surface area (Å²) >= 11 is 0. The Labute approximate surface area is 153 Å². The van der Waals surface area contributed by atoms with Crippen molar-refractivity contribution in [1.82, 2.24) is 30.0 Å². The minimum absolute atomic E-state index is 0.0972. The summed E-state index contributed by atoms with van der Waals surface area (Å²) in [5.74, 6) is 2.63. The van der Waals surface area contributed by atoms with Crippen molar-refractivity contribution in [3.8, 4) is 11.5 Å². The van der Waals surface area contributed by atoms with Crippen LogP contribution in [-0.4, -0.2) is 63.0 Å². The molecule has 8 heteroatoms. The molecule has 1 aromatic heterocycles. The van der Waals surface area contributed by atoms with Crippen LogP contribution in [0.1, 0.15) is 32.2 Å². The molecule has 3 heterocycles. The molecule has 26 heavy (non-hydrogen) atoms. The predicted molar refractivity (Wildman–Crippen MR) is 95.9 cm³/mol. The molecule has 4 rings (SSSR count). The Morgan fingerprint density at radius 1 is 0.962 bits per heavy atom. The fraction of sp³-hybridized carbons (Fsp3) is 0.611. The SMILES string of the molecule is CC(C)(C)n1nnnc1CN1CCN(Cc2ccc3c(c2)OCO3)CC1. The van der Waals surface area contributed by atoms with Crippen LogP contribution in [0.3, 0.4) is 0 Å². The molecule has 0 atom stereocenters. The molecule has 0 aliphatic carbocycles. The van der Waals surface area contributed by atoms with Crippen LogP contribution >= 0.6 is 0 Å². The largest absolute Gasteiger partial charge is 0.454 e. The van der Waals surface area contributed by atoms with Gasteiger partial charge in [0, 0.05) is 32.7 Å². The van der Waals surface area contributed by atoms with E-state index in [-0.39, 0.29) is 5.54 Å². The van der Waals surface area contributed by atoms with Gasteiger partial charge < -0.3 is 9.47 Å². The van der Waals surface area contributed by atoms with E-state index in [2.05, 4.69) is 58.2 Å². The Hall–Kier alpha value is -2.19. The molecule has 2 aliphatic heterocycles. The number of ether oxygens (including phenoxy) is 2. The highest BCUT2D eigenvalue weighted by Crippen LogP contribution is 2.32. The molecule has 1 saturated heterocycles. The molecule has 0 spiro atoms. The Morgan fingerprint density at radius 3 is 2.38 bits per heavy atom. The maximum atomic E-state index is 5.47. The number of piperazine rings is 1. The van der Waals surface area contributed by atoms with Gasteiger partial charge in [-0.1, -0.05) is 6.07 Å². The summed E-state index contributed by atoms with van der Waals surface area (Å²) < 4.78 is 12.8. The van der Waals surface area contributed by atoms with E-state index in [0.717, 1.165) is 56.6 Å². The van der Waals surface area contributed by atoms with Gasteiger partial charge in [0.15, 0.2) is 17.3 Å². The van der Waals surface area contributed by atoms with Crippen LogP contribution in [0.25, 0.3) is 0 Å². The first-order valence-electron chi connectivity index (χ1n) is 9.10. The lowest BCUT2D eigenvalue weighted by atomic mass is 10.1. The molecule has 0 bridgehead atoms. The van der Waals surface area contributed by atoms with E-state index in [1.54, 1.807) is 0 Å². The molecule has 0 radical (unpaired) electrons. The third-order valence-electron chi connectivity index (χ3n) is 4.84. The van der Waals surface area contributed by atoms with E-state index in [0.29, 0.717) is 6.79 Å². The van der Waals surface area contributed by atoms with Crippen LogP contribution in [0.4, 0.5) is 0 Å². The van der Waals surface area contributed by atoms with Crippen molar-refractivity contribution in [3.05, 3.63) is 29.6 Å². The third-order valence-corrected chi connectivity index (χ3v) is 4.84. The summed E-state index contributed by atoms with van der Waals surface area (Å²) in [4.78, 5) is 4.89. The predicted octanol–water partition coefficient (Wildman–Crippen LogP) is 1.47. The van der Waals surface area contributed by atoms with Crippen LogP contribution in [0.2, 0.25) is 0 Å². The van der Waals surface area contributed by atoms with Gasteiger partial charge in [0.2, 0.25) is 6.79 Å². The monoisotopic (exact) mass is 358 g/mol. The van der Waals surface area contributed by atoms with E-state index in [4.69, 9.17) is 9.47 Å². The second-order valence-corrected chi connectivity index (χ2v) is 7.92. The Morgan fingerprint density at radius 2 is 1.65 bits per heavy atom. The lowest BCUT2D eigenvalue weighted by Gasteiger charge is -2.34. The quantitative estimate of drug-likeness (QED) is 0.820. The molecule has 2 aliphatic rings. The molecule has 0 saturated carbocycles. The second kappa shape index (κ2) is 6.85. The van der Waals surface area contributed by atoms with Crippen molar-refractivity contribution < 1.29 is 9.47 Å². The minimum Gasteiger partial charge on any atom is -0.454 e. The van der Waals surface area contributed by atoms with Crippen LogP contribution in [-0.2, 0) is 18.6 Å². The Kier molecular flexibility index (Phi) is 4.54. The fourth-order valence-electron chi connectivity index (χ4n) is 3.43. The smallest absolute Gasteiger partial charge is 0.231 e. The highest BCUT2D eigenvalue weighted by molar-refractivity contribution is 5.44. The van der Waals surface area contributed by atoms with Gasteiger partial charge in [0.05, 0.1) is 12.1 Å². The van der Waals surface area contributed by atoms with Crippen molar-refractivity contribution in [3.63, 3.8) is 0 Å². The topological polar surface area (TPSA) is 68.5 Å². The molecule has 0 amide bonds. The summed E-state index contributed by atoms with van der Waals surface area (Å²) in [6, 6.07) is 6.21. The maximum Gasteiger partial charge on any atom is 0.231 e. The average Bonchev–Trinajstić information content (AvgIpc) is 3.25. The van der Waals surface area contributed by atoms with Crippen molar-refractivity contribution in [1.29, 1.82) is 0 Å². The van der Waals surface area contributed by atoms with Crippen LogP contribution < -0.4 is 9.47 Å². The molecule has 8 nitrogen and oxygen atoms in total. The zero-order valence-electron chi connectivity index (χ0n) is 15.7. The molecule has 2 aromatic rings. The first-order chi connectivity index (χ1) is 12.5. The Bertz CT molecular complexity index is 761. The summed E-state index contributed by atoms with van der Waals surface area (Å²) in [5.41, 5.74) is 1.17. The molecule has 1 aromatic carbocycles. The van der Waals surface area contributed by atoms with Crippen LogP contribution in [0.5, 0.6) is 11.5 Å². The highest BCUT2D eigenvalue weighted by Gasteiger charge is 2.24. The summed E-state index contributed by atoms with van der Waals surface area (Å²) in [5, 5.41) is 12.2. The normalized spacial score (nSPS) is 18.4. The number of rotatable bonds is 4. The third kappa shape index (κ3) is 3.66. The lowest BCUT2D eigenvalue weighted by molar-refractivity contribution is 0.116. The standard InChI is InChI=1S/C18H26N6O2/c1-18(2,3)24-17(19-20-21-24)12-23-8-6-22(7-9-23)11-14-4-5-15-16(10-14)26-13-25-15/h4-5,10H,6-9,11-13H2,1-3H3. The number of aromatic nitrogens is 4. The second-order valence-electron chi connectivity index (χ2n) is 7.92. The van der Waals surface area contributed by atoms with Gasteiger partial charge in [0.25, 0.3) is 0 Å². The molecule has 140 valence electrons. The minimum atomic E-state index is -0.0972.